The van der Waals surface area contributed by atoms with Crippen molar-refractivity contribution in [1.29, 1.82) is 0 Å². The molecule has 2 heterocycles. The number of anilines is 1. The van der Waals surface area contributed by atoms with Crippen LogP contribution in [0.3, 0.4) is 0 Å². The lowest BCUT2D eigenvalue weighted by Gasteiger charge is -2.13. The number of hydrogen-bond acceptors (Lipinski definition) is 4. The molecule has 0 unspecified atom stereocenters. The Balaban J connectivity index is 1.81. The summed E-state index contributed by atoms with van der Waals surface area (Å²) >= 11 is 9.30. The van der Waals surface area contributed by atoms with Crippen LogP contribution in [0.4, 0.5) is 11.6 Å². The van der Waals surface area contributed by atoms with Crippen LogP contribution in [0.1, 0.15) is 18.6 Å². The van der Waals surface area contributed by atoms with E-state index in [9.17, 15) is 5.11 Å². The number of aliphatic imine (C=N–C) groups is 1. The zero-order chi connectivity index (χ0) is 14.8. The first-order chi connectivity index (χ1) is 10.1. The molecule has 0 atom stereocenters. The van der Waals surface area contributed by atoms with E-state index >= 15 is 0 Å². The van der Waals surface area contributed by atoms with Crippen molar-refractivity contribution < 1.29 is 9.52 Å². The van der Waals surface area contributed by atoms with Gasteiger partial charge in [-0.1, -0.05) is 11.6 Å². The van der Waals surface area contributed by atoms with Gasteiger partial charge in [-0.2, -0.15) is 0 Å². The van der Waals surface area contributed by atoms with Crippen molar-refractivity contribution in [3.63, 3.8) is 0 Å². The molecular weight excluding hydrogens is 356 g/mol. The maximum Gasteiger partial charge on any atom is 0.210 e. The number of rotatable bonds is 3. The van der Waals surface area contributed by atoms with Gasteiger partial charge in [-0.15, -0.1) is 0 Å². The first kappa shape index (κ1) is 14.5. The van der Waals surface area contributed by atoms with E-state index in [1.54, 1.807) is 18.3 Å². The quantitative estimate of drug-likeness (QED) is 0.794. The highest BCUT2D eigenvalue weighted by Gasteiger charge is 2.19. The highest BCUT2D eigenvalue weighted by Crippen LogP contribution is 2.33. The zero-order valence-corrected chi connectivity index (χ0v) is 13.6. The van der Waals surface area contributed by atoms with Crippen molar-refractivity contribution in [2.75, 3.05) is 18.0 Å². The molecule has 4 nitrogen and oxygen atoms in total. The molecule has 0 aliphatic carbocycles. The molecule has 0 radical (unpaired) electrons. The fourth-order valence-corrected chi connectivity index (χ4v) is 3.04. The van der Waals surface area contributed by atoms with E-state index in [-0.39, 0.29) is 5.75 Å². The summed E-state index contributed by atoms with van der Waals surface area (Å²) in [5.74, 6) is 1.52. The summed E-state index contributed by atoms with van der Waals surface area (Å²) in [5.41, 5.74) is 0.453. The molecule has 1 N–H and O–H groups in total. The van der Waals surface area contributed by atoms with Gasteiger partial charge in [0.1, 0.15) is 17.2 Å². The molecule has 1 fully saturated rings. The summed E-state index contributed by atoms with van der Waals surface area (Å²) in [6.45, 7) is 2.03. The van der Waals surface area contributed by atoms with Gasteiger partial charge in [0, 0.05) is 30.2 Å². The molecule has 1 aromatic carbocycles. The molecule has 2 aromatic rings. The summed E-state index contributed by atoms with van der Waals surface area (Å²) in [6, 6.07) is 6.68. The van der Waals surface area contributed by atoms with Crippen LogP contribution in [-0.4, -0.2) is 24.4 Å². The number of aromatic hydroxyl groups is 1. The van der Waals surface area contributed by atoms with Gasteiger partial charge in [0.25, 0.3) is 0 Å². The standard InChI is InChI=1S/C15H14BrClN2O2/c16-12-8-11(21-15(12)19-5-1-2-6-19)9-18-13-4-3-10(17)7-14(13)20/h3-4,7-9,20H,1-2,5-6H2. The second-order valence-corrected chi connectivity index (χ2v) is 6.18. The Morgan fingerprint density at radius 2 is 2.05 bits per heavy atom. The van der Waals surface area contributed by atoms with Crippen LogP contribution >= 0.6 is 27.5 Å². The third kappa shape index (κ3) is 3.24. The van der Waals surface area contributed by atoms with E-state index in [0.29, 0.717) is 16.5 Å². The normalized spacial score (nSPS) is 15.2. The SMILES string of the molecule is Oc1cc(Cl)ccc1N=Cc1cc(Br)c(N2CCCC2)o1. The average Bonchev–Trinajstić information content (AvgIpc) is 3.07. The third-order valence-corrected chi connectivity index (χ3v) is 4.15. The molecule has 1 saturated heterocycles. The number of phenolic OH excluding ortho intramolecular Hbond substituents is 1. The van der Waals surface area contributed by atoms with Crippen LogP contribution in [0.2, 0.25) is 5.02 Å². The highest BCUT2D eigenvalue weighted by atomic mass is 79.9. The molecule has 21 heavy (non-hydrogen) atoms. The molecular formula is C15H14BrClN2O2. The molecule has 1 aliphatic heterocycles. The van der Waals surface area contributed by atoms with Gasteiger partial charge in [-0.25, -0.2) is 4.99 Å². The molecule has 0 saturated carbocycles. The second kappa shape index (κ2) is 6.12. The van der Waals surface area contributed by atoms with Crippen molar-refractivity contribution in [3.05, 3.63) is 39.5 Å². The Hall–Kier alpha value is -1.46. The molecule has 0 amide bonds. The molecule has 0 bridgehead atoms. The number of furan rings is 1. The lowest BCUT2D eigenvalue weighted by Crippen LogP contribution is -2.17. The summed E-state index contributed by atoms with van der Waals surface area (Å²) in [4.78, 5) is 6.44. The van der Waals surface area contributed by atoms with Crippen molar-refractivity contribution in [3.8, 4) is 5.75 Å². The van der Waals surface area contributed by atoms with Crippen LogP contribution in [0.5, 0.6) is 5.75 Å². The minimum atomic E-state index is 0.0455. The number of halogens is 2. The van der Waals surface area contributed by atoms with Gasteiger partial charge in [0.05, 0.1) is 10.7 Å². The Morgan fingerprint density at radius 1 is 1.29 bits per heavy atom. The number of hydrogen-bond donors (Lipinski definition) is 1. The van der Waals surface area contributed by atoms with E-state index in [0.717, 1.165) is 23.4 Å². The highest BCUT2D eigenvalue weighted by molar-refractivity contribution is 9.10. The van der Waals surface area contributed by atoms with Crippen molar-refractivity contribution in [1.82, 2.24) is 0 Å². The minimum Gasteiger partial charge on any atom is -0.506 e. The monoisotopic (exact) mass is 368 g/mol. The van der Waals surface area contributed by atoms with E-state index in [1.807, 2.05) is 6.07 Å². The van der Waals surface area contributed by atoms with Crippen LogP contribution in [-0.2, 0) is 0 Å². The Kier molecular flexibility index (Phi) is 4.22. The van der Waals surface area contributed by atoms with Crippen molar-refractivity contribution >= 4 is 45.3 Å². The lowest BCUT2D eigenvalue weighted by molar-refractivity contribution is 0.477. The van der Waals surface area contributed by atoms with Crippen LogP contribution in [0.25, 0.3) is 0 Å². The van der Waals surface area contributed by atoms with Gasteiger partial charge >= 0.3 is 0 Å². The maximum atomic E-state index is 9.76. The van der Waals surface area contributed by atoms with Gasteiger partial charge < -0.3 is 14.4 Å². The van der Waals surface area contributed by atoms with Crippen LogP contribution < -0.4 is 4.90 Å². The van der Waals surface area contributed by atoms with Crippen molar-refractivity contribution in [2.24, 2.45) is 4.99 Å². The molecule has 6 heteroatoms. The van der Waals surface area contributed by atoms with E-state index in [1.165, 1.54) is 18.9 Å². The summed E-state index contributed by atoms with van der Waals surface area (Å²) < 4.78 is 6.73. The van der Waals surface area contributed by atoms with Crippen LogP contribution in [0.15, 0.2) is 38.1 Å². The Morgan fingerprint density at radius 3 is 2.76 bits per heavy atom. The van der Waals surface area contributed by atoms with Gasteiger partial charge in [0.2, 0.25) is 5.88 Å². The maximum absolute atomic E-state index is 9.76. The fourth-order valence-electron chi connectivity index (χ4n) is 2.31. The number of nitrogens with zero attached hydrogens (tertiary/aromatic N) is 2. The summed E-state index contributed by atoms with van der Waals surface area (Å²) in [5, 5.41) is 10.2. The average molecular weight is 370 g/mol. The predicted octanol–water partition coefficient (Wildman–Crippen LogP) is 4.75. The number of phenols is 1. The number of benzene rings is 1. The molecule has 1 aromatic heterocycles. The lowest BCUT2D eigenvalue weighted by atomic mass is 10.3. The third-order valence-electron chi connectivity index (χ3n) is 3.35. The van der Waals surface area contributed by atoms with Gasteiger partial charge in [-0.05, 0) is 40.9 Å². The molecule has 110 valence electrons. The zero-order valence-electron chi connectivity index (χ0n) is 11.2. The Bertz CT molecular complexity index is 678. The topological polar surface area (TPSA) is 49.0 Å². The van der Waals surface area contributed by atoms with E-state index < -0.39 is 0 Å². The molecule has 3 rings (SSSR count). The Labute approximate surface area is 136 Å². The first-order valence-electron chi connectivity index (χ1n) is 6.70. The van der Waals surface area contributed by atoms with Gasteiger partial charge in [0.15, 0.2) is 0 Å². The predicted molar refractivity (Wildman–Crippen MR) is 88.2 cm³/mol. The van der Waals surface area contributed by atoms with Crippen molar-refractivity contribution in [2.45, 2.75) is 12.8 Å². The van der Waals surface area contributed by atoms with Crippen LogP contribution in [0, 0.1) is 0 Å². The summed E-state index contributed by atoms with van der Waals surface area (Å²) in [6.07, 6.45) is 3.97. The first-order valence-corrected chi connectivity index (χ1v) is 7.87. The fraction of sp³-hybridized carbons (Fsp3) is 0.267. The van der Waals surface area contributed by atoms with Gasteiger partial charge in [-0.3, -0.25) is 0 Å². The molecule has 0 spiro atoms. The molecule has 1 aliphatic rings. The van der Waals surface area contributed by atoms with E-state index in [4.69, 9.17) is 16.0 Å². The second-order valence-electron chi connectivity index (χ2n) is 4.89. The largest absolute Gasteiger partial charge is 0.506 e. The summed E-state index contributed by atoms with van der Waals surface area (Å²) in [7, 11) is 0. The smallest absolute Gasteiger partial charge is 0.210 e. The van der Waals surface area contributed by atoms with E-state index in [2.05, 4.69) is 25.8 Å². The minimum absolute atomic E-state index is 0.0455.